The molecule has 2 aromatic rings. The number of para-hydroxylation sites is 2. The Kier molecular flexibility index (Phi) is 6.04. The molecule has 2 nitrogen and oxygen atoms in total. The second-order valence-corrected chi connectivity index (χ2v) is 7.14. The molecular formula is C20H24Cl2N2. The zero-order valence-corrected chi connectivity index (χ0v) is 15.6. The first kappa shape index (κ1) is 17.6. The van der Waals surface area contributed by atoms with Gasteiger partial charge in [-0.05, 0) is 56.1 Å². The number of benzene rings is 2. The Morgan fingerprint density at radius 2 is 1.62 bits per heavy atom. The van der Waals surface area contributed by atoms with Gasteiger partial charge in [0.15, 0.2) is 0 Å². The number of halogens is 2. The van der Waals surface area contributed by atoms with Crippen molar-refractivity contribution in [2.75, 3.05) is 18.4 Å². The minimum absolute atomic E-state index is 0.426. The fraction of sp³-hybridized carbons (Fsp3) is 0.400. The molecule has 0 radical (unpaired) electrons. The summed E-state index contributed by atoms with van der Waals surface area (Å²) in [5, 5.41) is 4.76. The molecule has 1 aliphatic rings. The third-order valence-electron chi connectivity index (χ3n) is 4.76. The molecule has 0 spiro atoms. The minimum Gasteiger partial charge on any atom is -0.353 e. The van der Waals surface area contributed by atoms with Crippen LogP contribution in [0.15, 0.2) is 42.5 Å². The van der Waals surface area contributed by atoms with Crippen molar-refractivity contribution in [2.45, 2.75) is 38.6 Å². The highest BCUT2D eigenvalue weighted by Gasteiger charge is 2.23. The van der Waals surface area contributed by atoms with Gasteiger partial charge in [0.25, 0.3) is 0 Å². The van der Waals surface area contributed by atoms with Crippen molar-refractivity contribution in [3.05, 3.63) is 58.1 Å². The second-order valence-electron chi connectivity index (χ2n) is 6.33. The van der Waals surface area contributed by atoms with Gasteiger partial charge in [0, 0.05) is 11.7 Å². The van der Waals surface area contributed by atoms with Crippen LogP contribution in [0, 0.1) is 0 Å². The minimum atomic E-state index is 0.426. The smallest absolute Gasteiger partial charge is 0.0763 e. The van der Waals surface area contributed by atoms with E-state index in [1.807, 2.05) is 18.2 Å². The number of nitrogens with one attached hydrogen (secondary N) is 1. The van der Waals surface area contributed by atoms with E-state index < -0.39 is 0 Å². The van der Waals surface area contributed by atoms with Crippen LogP contribution in [0.5, 0.6) is 0 Å². The van der Waals surface area contributed by atoms with Crippen molar-refractivity contribution >= 4 is 34.6 Å². The van der Waals surface area contributed by atoms with Gasteiger partial charge in [0.1, 0.15) is 0 Å². The molecule has 0 bridgehead atoms. The lowest BCUT2D eigenvalue weighted by atomic mass is 9.98. The molecule has 0 aliphatic carbocycles. The number of nitrogens with zero attached hydrogens (tertiary/aromatic N) is 1. The molecule has 2 aromatic carbocycles. The molecule has 1 N–H and O–H groups in total. The maximum Gasteiger partial charge on any atom is 0.0763 e. The van der Waals surface area contributed by atoms with Gasteiger partial charge in [0.05, 0.1) is 15.7 Å². The van der Waals surface area contributed by atoms with Gasteiger partial charge in [-0.25, -0.2) is 0 Å². The number of likely N-dealkylation sites (tertiary alicyclic amines) is 1. The molecule has 1 unspecified atom stereocenters. The third-order valence-corrected chi connectivity index (χ3v) is 5.39. The summed E-state index contributed by atoms with van der Waals surface area (Å²) < 4.78 is 0. The first-order chi connectivity index (χ1) is 11.7. The largest absolute Gasteiger partial charge is 0.353 e. The predicted molar refractivity (Wildman–Crippen MR) is 105 cm³/mol. The molecule has 0 saturated carbocycles. The molecule has 24 heavy (non-hydrogen) atoms. The molecule has 1 aliphatic heterocycles. The normalized spacial score (nSPS) is 16.8. The average molecular weight is 363 g/mol. The van der Waals surface area contributed by atoms with Crippen LogP contribution in [0.25, 0.3) is 0 Å². The van der Waals surface area contributed by atoms with Crippen LogP contribution >= 0.6 is 23.2 Å². The van der Waals surface area contributed by atoms with E-state index >= 15 is 0 Å². The summed E-state index contributed by atoms with van der Waals surface area (Å²) in [6, 6.07) is 14.5. The van der Waals surface area contributed by atoms with Gasteiger partial charge in [-0.1, -0.05) is 60.8 Å². The van der Waals surface area contributed by atoms with Gasteiger partial charge in [-0.15, -0.1) is 0 Å². The third kappa shape index (κ3) is 3.88. The highest BCUT2D eigenvalue weighted by atomic mass is 35.5. The number of anilines is 2. The van der Waals surface area contributed by atoms with Gasteiger partial charge >= 0.3 is 0 Å². The SMILES string of the molecule is CCC(c1ccccc1Nc1c(Cl)cccc1Cl)N1CCCCC1. The monoisotopic (exact) mass is 362 g/mol. The molecular weight excluding hydrogens is 339 g/mol. The Hall–Kier alpha value is -1.22. The first-order valence-electron chi connectivity index (χ1n) is 8.74. The number of hydrogen-bond donors (Lipinski definition) is 1. The Morgan fingerprint density at radius 3 is 2.29 bits per heavy atom. The average Bonchev–Trinajstić information content (AvgIpc) is 2.61. The van der Waals surface area contributed by atoms with E-state index in [-0.39, 0.29) is 0 Å². The Bertz CT molecular complexity index is 661. The zero-order chi connectivity index (χ0) is 16.9. The number of piperidine rings is 1. The highest BCUT2D eigenvalue weighted by molar-refractivity contribution is 6.39. The summed E-state index contributed by atoms with van der Waals surface area (Å²) in [7, 11) is 0. The fourth-order valence-electron chi connectivity index (χ4n) is 3.56. The fourth-order valence-corrected chi connectivity index (χ4v) is 4.05. The van der Waals surface area contributed by atoms with E-state index in [1.54, 1.807) is 0 Å². The maximum atomic E-state index is 6.34. The van der Waals surface area contributed by atoms with Gasteiger partial charge in [-0.3, -0.25) is 4.90 Å². The number of hydrogen-bond acceptors (Lipinski definition) is 2. The lowest BCUT2D eigenvalue weighted by Gasteiger charge is -2.35. The van der Waals surface area contributed by atoms with Crippen molar-refractivity contribution in [2.24, 2.45) is 0 Å². The van der Waals surface area contributed by atoms with Crippen LogP contribution in [-0.4, -0.2) is 18.0 Å². The summed E-state index contributed by atoms with van der Waals surface area (Å²) in [5.41, 5.74) is 3.18. The molecule has 0 amide bonds. The van der Waals surface area contributed by atoms with Gasteiger partial charge in [0.2, 0.25) is 0 Å². The molecule has 128 valence electrons. The van der Waals surface area contributed by atoms with Crippen LogP contribution in [0.3, 0.4) is 0 Å². The lowest BCUT2D eigenvalue weighted by Crippen LogP contribution is -2.33. The molecule has 1 fully saturated rings. The van der Waals surface area contributed by atoms with Crippen LogP contribution in [0.4, 0.5) is 11.4 Å². The predicted octanol–water partition coefficient (Wildman–Crippen LogP) is 6.67. The Morgan fingerprint density at radius 1 is 0.958 bits per heavy atom. The van der Waals surface area contributed by atoms with Crippen molar-refractivity contribution in [1.29, 1.82) is 0 Å². The van der Waals surface area contributed by atoms with Crippen LogP contribution in [0.1, 0.15) is 44.2 Å². The molecule has 1 atom stereocenters. The van der Waals surface area contributed by atoms with E-state index in [4.69, 9.17) is 23.2 Å². The summed E-state index contributed by atoms with van der Waals surface area (Å²) in [6.45, 7) is 4.62. The molecule has 1 saturated heterocycles. The van der Waals surface area contributed by atoms with Gasteiger partial charge < -0.3 is 5.32 Å². The topological polar surface area (TPSA) is 15.3 Å². The first-order valence-corrected chi connectivity index (χ1v) is 9.50. The van der Waals surface area contributed by atoms with Crippen LogP contribution in [0.2, 0.25) is 10.0 Å². The van der Waals surface area contributed by atoms with Crippen molar-refractivity contribution < 1.29 is 0 Å². The standard InChI is InChI=1S/C20H24Cl2N2/c1-2-19(24-13-6-3-7-14-24)15-9-4-5-12-18(15)23-20-16(21)10-8-11-17(20)22/h4-5,8-12,19,23H,2-3,6-7,13-14H2,1H3. The van der Waals surface area contributed by atoms with Crippen molar-refractivity contribution in [3.63, 3.8) is 0 Å². The van der Waals surface area contributed by atoms with E-state index in [0.29, 0.717) is 16.1 Å². The summed E-state index contributed by atoms with van der Waals surface area (Å²) in [5.74, 6) is 0. The zero-order valence-electron chi connectivity index (χ0n) is 14.1. The summed E-state index contributed by atoms with van der Waals surface area (Å²) in [4.78, 5) is 2.61. The van der Waals surface area contributed by atoms with Crippen LogP contribution < -0.4 is 5.32 Å². The quantitative estimate of drug-likeness (QED) is 0.638. The molecule has 4 heteroatoms. The summed E-state index contributed by atoms with van der Waals surface area (Å²) in [6.07, 6.45) is 5.03. The van der Waals surface area contributed by atoms with Crippen LogP contribution in [-0.2, 0) is 0 Å². The number of rotatable bonds is 5. The van der Waals surface area contributed by atoms with E-state index in [2.05, 4.69) is 41.4 Å². The molecule has 3 rings (SSSR count). The Balaban J connectivity index is 1.92. The second kappa shape index (κ2) is 8.24. The van der Waals surface area contributed by atoms with E-state index in [9.17, 15) is 0 Å². The van der Waals surface area contributed by atoms with E-state index in [0.717, 1.165) is 17.8 Å². The summed E-state index contributed by atoms with van der Waals surface area (Å²) >= 11 is 12.7. The lowest BCUT2D eigenvalue weighted by molar-refractivity contribution is 0.160. The highest BCUT2D eigenvalue weighted by Crippen LogP contribution is 2.37. The Labute approximate surface area is 154 Å². The maximum absolute atomic E-state index is 6.34. The van der Waals surface area contributed by atoms with Crippen molar-refractivity contribution in [3.8, 4) is 0 Å². The van der Waals surface area contributed by atoms with E-state index in [1.165, 1.54) is 37.9 Å². The van der Waals surface area contributed by atoms with Crippen molar-refractivity contribution in [1.82, 2.24) is 4.90 Å². The van der Waals surface area contributed by atoms with Gasteiger partial charge in [-0.2, -0.15) is 0 Å². The molecule has 1 heterocycles. The molecule has 0 aromatic heterocycles.